The average molecular weight is 414 g/mol. The van der Waals surface area contributed by atoms with Gasteiger partial charge in [0, 0.05) is 5.92 Å². The van der Waals surface area contributed by atoms with Gasteiger partial charge >= 0.3 is 0 Å². The van der Waals surface area contributed by atoms with Gasteiger partial charge in [-0.15, -0.1) is 0 Å². The van der Waals surface area contributed by atoms with Gasteiger partial charge in [-0.05, 0) is 57.9 Å². The minimum absolute atomic E-state index is 0.0375. The predicted octanol–water partition coefficient (Wildman–Crippen LogP) is 4.36. The molecular formula is C20H22N4O4S. The van der Waals surface area contributed by atoms with Gasteiger partial charge in [-0.2, -0.15) is 4.98 Å². The highest BCUT2D eigenvalue weighted by molar-refractivity contribution is 7.16. The van der Waals surface area contributed by atoms with Crippen LogP contribution in [0.5, 0.6) is 16.7 Å². The number of hydrogen-bond donors (Lipinski definition) is 1. The lowest BCUT2D eigenvalue weighted by molar-refractivity contribution is -0.123. The fourth-order valence-electron chi connectivity index (χ4n) is 2.62. The van der Waals surface area contributed by atoms with Crippen molar-refractivity contribution in [3.8, 4) is 27.4 Å². The summed E-state index contributed by atoms with van der Waals surface area (Å²) < 4.78 is 16.7. The maximum absolute atomic E-state index is 11.9. The third kappa shape index (κ3) is 4.92. The molecule has 1 saturated carbocycles. The Bertz CT molecular complexity index is 979. The first-order valence-electron chi connectivity index (χ1n) is 9.52. The Morgan fingerprint density at radius 3 is 2.62 bits per heavy atom. The Labute approximate surface area is 172 Å². The number of thiazole rings is 1. The van der Waals surface area contributed by atoms with E-state index in [2.05, 4.69) is 20.4 Å². The molecule has 1 amide bonds. The number of rotatable bonds is 8. The van der Waals surface area contributed by atoms with Crippen LogP contribution in [0.25, 0.3) is 10.7 Å². The van der Waals surface area contributed by atoms with Gasteiger partial charge in [-0.1, -0.05) is 16.5 Å². The van der Waals surface area contributed by atoms with E-state index in [0.717, 1.165) is 23.5 Å². The quantitative estimate of drug-likeness (QED) is 0.584. The molecule has 0 aliphatic heterocycles. The summed E-state index contributed by atoms with van der Waals surface area (Å²) in [4.78, 5) is 21.2. The first-order chi connectivity index (χ1) is 14.0. The van der Waals surface area contributed by atoms with Crippen LogP contribution in [0.3, 0.4) is 0 Å². The van der Waals surface area contributed by atoms with Crippen LogP contribution in [0.1, 0.15) is 45.5 Å². The molecule has 1 aliphatic rings. The summed E-state index contributed by atoms with van der Waals surface area (Å²) in [5.41, 5.74) is 0. The molecule has 1 unspecified atom stereocenters. The van der Waals surface area contributed by atoms with E-state index in [1.165, 1.54) is 11.3 Å². The van der Waals surface area contributed by atoms with Crippen LogP contribution in [-0.4, -0.2) is 27.1 Å². The molecule has 0 radical (unpaired) electrons. The van der Waals surface area contributed by atoms with Crippen LogP contribution < -0.4 is 14.8 Å². The standard InChI is InChI=1S/C20H22N4O4S/c1-11(2)26-14-6-8-15(9-7-14)27-20-21-10-16(29-20)17-23-19(28-24-17)12(3)22-18(25)13-4-5-13/h6-13H,4-5H2,1-3H3,(H,22,25). The van der Waals surface area contributed by atoms with Gasteiger partial charge in [0.1, 0.15) is 17.5 Å². The summed E-state index contributed by atoms with van der Waals surface area (Å²) in [6.07, 6.45) is 3.65. The van der Waals surface area contributed by atoms with E-state index in [4.69, 9.17) is 14.0 Å². The molecule has 1 aromatic carbocycles. The summed E-state index contributed by atoms with van der Waals surface area (Å²) in [7, 11) is 0. The molecule has 0 bridgehead atoms. The lowest BCUT2D eigenvalue weighted by Crippen LogP contribution is -2.28. The van der Waals surface area contributed by atoms with E-state index in [0.29, 0.717) is 22.7 Å². The van der Waals surface area contributed by atoms with E-state index in [1.54, 1.807) is 6.20 Å². The number of hydrogen-bond acceptors (Lipinski definition) is 8. The largest absolute Gasteiger partial charge is 0.491 e. The van der Waals surface area contributed by atoms with Crippen LogP contribution in [0, 0.1) is 5.92 Å². The van der Waals surface area contributed by atoms with Gasteiger partial charge in [-0.3, -0.25) is 4.79 Å². The van der Waals surface area contributed by atoms with Gasteiger partial charge in [0.05, 0.1) is 17.2 Å². The van der Waals surface area contributed by atoms with Crippen molar-refractivity contribution in [3.63, 3.8) is 0 Å². The molecule has 1 aliphatic carbocycles. The number of benzene rings is 1. The molecule has 3 aromatic rings. The van der Waals surface area contributed by atoms with Crippen molar-refractivity contribution in [1.29, 1.82) is 0 Å². The molecule has 2 aromatic heterocycles. The van der Waals surface area contributed by atoms with Crippen LogP contribution in [0.2, 0.25) is 0 Å². The summed E-state index contributed by atoms with van der Waals surface area (Å²) in [5, 5.41) is 7.36. The fourth-order valence-corrected chi connectivity index (χ4v) is 3.33. The number of ether oxygens (including phenoxy) is 2. The minimum atomic E-state index is -0.334. The molecule has 0 saturated heterocycles. The Kier molecular flexibility index (Phi) is 5.48. The minimum Gasteiger partial charge on any atom is -0.491 e. The predicted molar refractivity (Wildman–Crippen MR) is 107 cm³/mol. The van der Waals surface area contributed by atoms with Crippen LogP contribution in [0.4, 0.5) is 0 Å². The van der Waals surface area contributed by atoms with Crippen molar-refractivity contribution < 1.29 is 18.8 Å². The van der Waals surface area contributed by atoms with Crippen molar-refractivity contribution >= 4 is 17.2 Å². The average Bonchev–Trinajstić information content (AvgIpc) is 3.24. The second-order valence-corrected chi connectivity index (χ2v) is 8.18. The molecule has 4 rings (SSSR count). The van der Waals surface area contributed by atoms with Crippen molar-refractivity contribution in [1.82, 2.24) is 20.4 Å². The fraction of sp³-hybridized carbons (Fsp3) is 0.400. The molecule has 1 N–H and O–H groups in total. The zero-order valence-electron chi connectivity index (χ0n) is 16.4. The SMILES string of the molecule is CC(C)Oc1ccc(Oc2ncc(-c3noc(C(C)NC(=O)C4CC4)n3)s2)cc1. The highest BCUT2D eigenvalue weighted by Gasteiger charge is 2.31. The normalized spacial score (nSPS) is 14.6. The summed E-state index contributed by atoms with van der Waals surface area (Å²) in [5.74, 6) is 2.40. The van der Waals surface area contributed by atoms with Crippen LogP contribution in [-0.2, 0) is 4.79 Å². The second-order valence-electron chi connectivity index (χ2n) is 7.19. The zero-order chi connectivity index (χ0) is 20.4. The lowest BCUT2D eigenvalue weighted by Gasteiger charge is -2.09. The van der Waals surface area contributed by atoms with Gasteiger partial charge in [0.15, 0.2) is 0 Å². The monoisotopic (exact) mass is 414 g/mol. The van der Waals surface area contributed by atoms with Gasteiger partial charge in [0.2, 0.25) is 17.6 Å². The maximum Gasteiger partial charge on any atom is 0.279 e. The first kappa shape index (κ1) is 19.4. The number of nitrogens with zero attached hydrogens (tertiary/aromatic N) is 3. The van der Waals surface area contributed by atoms with E-state index >= 15 is 0 Å². The van der Waals surface area contributed by atoms with Gasteiger partial charge < -0.3 is 19.3 Å². The number of aromatic nitrogens is 3. The topological polar surface area (TPSA) is 99.4 Å². The summed E-state index contributed by atoms with van der Waals surface area (Å²) in [6, 6.07) is 7.03. The van der Waals surface area contributed by atoms with E-state index in [-0.39, 0.29) is 24.0 Å². The van der Waals surface area contributed by atoms with Crippen molar-refractivity contribution in [2.75, 3.05) is 0 Å². The van der Waals surface area contributed by atoms with E-state index in [9.17, 15) is 4.79 Å². The molecule has 1 fully saturated rings. The summed E-state index contributed by atoms with van der Waals surface area (Å²) in [6.45, 7) is 5.78. The third-order valence-electron chi connectivity index (χ3n) is 4.22. The van der Waals surface area contributed by atoms with E-state index in [1.807, 2.05) is 45.0 Å². The van der Waals surface area contributed by atoms with Crippen molar-refractivity contribution in [2.24, 2.45) is 5.92 Å². The molecule has 2 heterocycles. The number of carbonyl (C=O) groups is 1. The Morgan fingerprint density at radius 2 is 1.93 bits per heavy atom. The Morgan fingerprint density at radius 1 is 1.21 bits per heavy atom. The van der Waals surface area contributed by atoms with E-state index < -0.39 is 0 Å². The van der Waals surface area contributed by atoms with Crippen LogP contribution >= 0.6 is 11.3 Å². The van der Waals surface area contributed by atoms with Gasteiger partial charge in [0.25, 0.3) is 5.19 Å². The Hall–Kier alpha value is -2.94. The smallest absolute Gasteiger partial charge is 0.279 e. The van der Waals surface area contributed by atoms with Crippen molar-refractivity contribution in [3.05, 3.63) is 36.4 Å². The molecule has 29 heavy (non-hydrogen) atoms. The second kappa shape index (κ2) is 8.20. The van der Waals surface area contributed by atoms with Crippen molar-refractivity contribution in [2.45, 2.75) is 45.8 Å². The number of carbonyl (C=O) groups excluding carboxylic acids is 1. The third-order valence-corrected chi connectivity index (χ3v) is 5.10. The zero-order valence-corrected chi connectivity index (χ0v) is 17.2. The molecule has 1 atom stereocenters. The van der Waals surface area contributed by atoms with Gasteiger partial charge in [-0.25, -0.2) is 4.98 Å². The number of amides is 1. The van der Waals surface area contributed by atoms with Crippen LogP contribution in [0.15, 0.2) is 35.0 Å². The highest BCUT2D eigenvalue weighted by Crippen LogP contribution is 2.33. The molecule has 9 heteroatoms. The number of nitrogens with one attached hydrogen (secondary N) is 1. The highest BCUT2D eigenvalue weighted by atomic mass is 32.1. The molecule has 152 valence electrons. The molecule has 8 nitrogen and oxygen atoms in total. The lowest BCUT2D eigenvalue weighted by atomic mass is 10.3. The summed E-state index contributed by atoms with van der Waals surface area (Å²) >= 11 is 1.31. The first-order valence-corrected chi connectivity index (χ1v) is 10.3. The molecule has 0 spiro atoms. The molecular weight excluding hydrogens is 392 g/mol. The Balaban J connectivity index is 1.38. The maximum atomic E-state index is 11.9.